The van der Waals surface area contributed by atoms with Crippen LogP contribution in [0, 0.1) is 0 Å². The maximum atomic E-state index is 12.4. The Bertz CT molecular complexity index is 2890. The Morgan fingerprint density at radius 1 is 0.500 bits per heavy atom. The summed E-state index contributed by atoms with van der Waals surface area (Å²) in [5, 5.41) is 45.3. The molecule has 0 heterocycles. The van der Waals surface area contributed by atoms with Gasteiger partial charge in [0.05, 0.1) is 33.0 Å². The van der Waals surface area contributed by atoms with Crippen molar-refractivity contribution in [1.29, 1.82) is 0 Å². The van der Waals surface area contributed by atoms with Crippen molar-refractivity contribution in [3.8, 4) is 11.5 Å². The molecule has 0 aliphatic carbocycles. The van der Waals surface area contributed by atoms with E-state index in [2.05, 4.69) is 30.7 Å². The first-order valence-corrected chi connectivity index (χ1v) is 18.9. The third-order valence-electron chi connectivity index (χ3n) is 7.51. The molecule has 0 unspecified atom stereocenters. The zero-order valence-electron chi connectivity index (χ0n) is 27.4. The van der Waals surface area contributed by atoms with Gasteiger partial charge in [0.25, 0.3) is 30.4 Å². The topological polar surface area (TPSA) is 304 Å². The third-order valence-corrected chi connectivity index (χ3v) is 10.1. The van der Waals surface area contributed by atoms with Gasteiger partial charge in [-0.25, -0.2) is 0 Å². The number of nitrogens with two attached hydrogens (primary N) is 1. The number of phenolic OH excluding ortho intramolecular Hbond substituents is 2. The van der Waals surface area contributed by atoms with Crippen LogP contribution in [0.1, 0.15) is 0 Å². The molecule has 54 heavy (non-hydrogen) atoms. The van der Waals surface area contributed by atoms with Crippen LogP contribution in [0.4, 0.5) is 39.8 Å². The van der Waals surface area contributed by atoms with Crippen molar-refractivity contribution in [2.75, 3.05) is 5.73 Å². The zero-order valence-corrected chi connectivity index (χ0v) is 31.9. The fourth-order valence-electron chi connectivity index (χ4n) is 5.05. The van der Waals surface area contributed by atoms with Gasteiger partial charge in [0, 0.05) is 5.39 Å². The molecule has 18 nitrogen and oxygen atoms in total. The number of fused-ring (bicyclic) bond motifs is 2. The van der Waals surface area contributed by atoms with E-state index in [1.165, 1.54) is 60.7 Å². The fraction of sp³-hybridized carbons (Fsp3) is 0. The summed E-state index contributed by atoms with van der Waals surface area (Å²) in [6, 6.07) is 21.6. The first-order chi connectivity index (χ1) is 24.9. The molecule has 7 N–H and O–H groups in total. The fourth-order valence-corrected chi connectivity index (χ4v) is 6.90. The molecule has 0 fully saturated rings. The molecule has 0 aromatic heterocycles. The Hall–Kier alpha value is -5.23. The van der Waals surface area contributed by atoms with Crippen molar-refractivity contribution in [1.82, 2.24) is 0 Å². The Balaban J connectivity index is 0.00000561. The molecule has 0 aliphatic heterocycles. The van der Waals surface area contributed by atoms with Gasteiger partial charge < -0.3 is 15.9 Å². The summed E-state index contributed by atoms with van der Waals surface area (Å²) in [6.07, 6.45) is 0. The number of phenols is 2. The SMILES string of the molecule is Nc1c(N=Nc2ccc(N=Nc3c(O)ccc4cc(S(=O)(=O)O)ccc34)cc2)c(S(=O)(=O)O)cc2cc(S(=O)(=O)O)c(N=Nc3ccccc3)c(O)c12.[Na+]. The van der Waals surface area contributed by atoms with Crippen LogP contribution in [-0.2, 0) is 30.4 Å². The standard InChI is InChI=1S/C32H23N7O11S3.Na/c33-28-27-18(16-26(53(48,49)50)31(32(27)41)39-34-19-4-2-1-3-5-19)15-25(52(45,46)47)30(28)38-36-21-9-7-20(8-10-21)35-37-29-23-12-11-22(51(42,43)44)14-17(23)6-13-24(29)40;/h1-16,40-41H,33H2,(H,42,43,44)(H,45,46,47)(H,48,49,50);/q;+1. The molecule has 0 spiro atoms. The molecule has 6 aromatic carbocycles. The number of hydrogen-bond donors (Lipinski definition) is 6. The minimum atomic E-state index is -5.10. The third kappa shape index (κ3) is 8.44. The smallest absolute Gasteiger partial charge is 0.506 e. The Morgan fingerprint density at radius 2 is 1.00 bits per heavy atom. The van der Waals surface area contributed by atoms with Crippen molar-refractivity contribution < 1.29 is 78.7 Å². The zero-order chi connectivity index (χ0) is 38.3. The molecular weight excluding hydrogens is 778 g/mol. The minimum Gasteiger partial charge on any atom is -0.506 e. The van der Waals surface area contributed by atoms with Crippen LogP contribution in [0.3, 0.4) is 0 Å². The van der Waals surface area contributed by atoms with E-state index in [0.29, 0.717) is 10.8 Å². The summed E-state index contributed by atoms with van der Waals surface area (Å²) in [6.45, 7) is 0. The predicted octanol–water partition coefficient (Wildman–Crippen LogP) is 4.98. The number of rotatable bonds is 9. The second kappa shape index (κ2) is 15.3. The van der Waals surface area contributed by atoms with Crippen LogP contribution >= 0.6 is 0 Å². The molecule has 6 aromatic rings. The number of anilines is 1. The summed E-state index contributed by atoms with van der Waals surface area (Å²) >= 11 is 0. The van der Waals surface area contributed by atoms with Gasteiger partial charge in [0.15, 0.2) is 5.75 Å². The van der Waals surface area contributed by atoms with Gasteiger partial charge in [0.2, 0.25) is 0 Å². The van der Waals surface area contributed by atoms with Crippen LogP contribution in [0.5, 0.6) is 11.5 Å². The average Bonchev–Trinajstić information content (AvgIpc) is 3.09. The first-order valence-electron chi connectivity index (χ1n) is 14.6. The second-order valence-corrected chi connectivity index (χ2v) is 15.2. The summed E-state index contributed by atoms with van der Waals surface area (Å²) in [7, 11) is -14.6. The van der Waals surface area contributed by atoms with E-state index in [9.17, 15) is 49.1 Å². The van der Waals surface area contributed by atoms with E-state index in [0.717, 1.165) is 18.2 Å². The summed E-state index contributed by atoms with van der Waals surface area (Å²) in [4.78, 5) is -2.19. The van der Waals surface area contributed by atoms with Gasteiger partial charge in [-0.15, -0.1) is 15.3 Å². The van der Waals surface area contributed by atoms with E-state index in [1.807, 2.05) is 0 Å². The summed E-state index contributed by atoms with van der Waals surface area (Å²) in [5.74, 6) is -1.17. The molecule has 0 aliphatic rings. The maximum Gasteiger partial charge on any atom is 1.00 e. The van der Waals surface area contributed by atoms with Crippen LogP contribution in [0.2, 0.25) is 0 Å². The Kier molecular flexibility index (Phi) is 11.3. The number of azo groups is 3. The van der Waals surface area contributed by atoms with Gasteiger partial charge >= 0.3 is 29.6 Å². The Labute approximate surface area is 328 Å². The summed E-state index contributed by atoms with van der Waals surface area (Å²) in [5.41, 5.74) is 4.97. The number of aromatic hydroxyl groups is 2. The van der Waals surface area contributed by atoms with E-state index >= 15 is 0 Å². The van der Waals surface area contributed by atoms with Crippen molar-refractivity contribution in [3.63, 3.8) is 0 Å². The summed E-state index contributed by atoms with van der Waals surface area (Å²) < 4.78 is 102. The molecule has 0 atom stereocenters. The van der Waals surface area contributed by atoms with Crippen molar-refractivity contribution >= 4 is 91.7 Å². The van der Waals surface area contributed by atoms with E-state index < -0.39 is 63.0 Å². The monoisotopic (exact) mass is 800 g/mol. The van der Waals surface area contributed by atoms with Gasteiger partial charge in [-0.05, 0) is 77.5 Å². The van der Waals surface area contributed by atoms with Crippen LogP contribution in [0.15, 0.2) is 142 Å². The predicted molar refractivity (Wildman–Crippen MR) is 190 cm³/mol. The largest absolute Gasteiger partial charge is 1.00 e. The quantitative estimate of drug-likeness (QED) is 0.0488. The number of benzene rings is 6. The Morgan fingerprint density at radius 3 is 1.54 bits per heavy atom. The molecule has 0 amide bonds. The molecule has 22 heteroatoms. The molecular formula is C32H23N7NaO11S3+. The molecule has 270 valence electrons. The first kappa shape index (κ1) is 40.0. The van der Waals surface area contributed by atoms with Gasteiger partial charge in [-0.1, -0.05) is 30.3 Å². The minimum absolute atomic E-state index is 0. The van der Waals surface area contributed by atoms with Gasteiger partial charge in [-0.2, -0.15) is 40.6 Å². The molecule has 6 rings (SSSR count). The normalized spacial score (nSPS) is 12.6. The van der Waals surface area contributed by atoms with Gasteiger partial charge in [-0.3, -0.25) is 13.7 Å². The number of nitrogens with zero attached hydrogens (tertiary/aromatic N) is 6. The number of hydrogen-bond acceptors (Lipinski definition) is 15. The number of nitrogen functional groups attached to an aromatic ring is 1. The van der Waals surface area contributed by atoms with Crippen LogP contribution < -0.4 is 35.3 Å². The molecule has 0 radical (unpaired) electrons. The van der Waals surface area contributed by atoms with E-state index in [4.69, 9.17) is 5.73 Å². The molecule has 0 saturated heterocycles. The second-order valence-electron chi connectivity index (χ2n) is 11.0. The van der Waals surface area contributed by atoms with Crippen molar-refractivity contribution in [2.45, 2.75) is 14.7 Å². The van der Waals surface area contributed by atoms with Crippen LogP contribution in [-0.4, -0.2) is 49.1 Å². The molecule has 0 saturated carbocycles. The maximum absolute atomic E-state index is 12.4. The van der Waals surface area contributed by atoms with Crippen LogP contribution in [0.25, 0.3) is 21.5 Å². The van der Waals surface area contributed by atoms with E-state index in [-0.39, 0.29) is 73.7 Å². The van der Waals surface area contributed by atoms with Gasteiger partial charge in [0.1, 0.15) is 32.6 Å². The average molecular weight is 801 g/mol. The van der Waals surface area contributed by atoms with Crippen molar-refractivity contribution in [3.05, 3.63) is 97.1 Å². The molecule has 0 bridgehead atoms. The van der Waals surface area contributed by atoms with Crippen molar-refractivity contribution in [2.24, 2.45) is 30.7 Å². The van der Waals surface area contributed by atoms with E-state index in [1.54, 1.807) is 18.2 Å².